The molecule has 2 rings (SSSR count). The number of nitrogens with one attached hydrogen (secondary N) is 2. The van der Waals surface area contributed by atoms with E-state index in [1.165, 1.54) is 24.3 Å². The molecule has 0 aliphatic heterocycles. The zero-order valence-corrected chi connectivity index (χ0v) is 19.9. The number of hydrogen-bond donors (Lipinski definition) is 2. The molecule has 0 aromatic heterocycles. The van der Waals surface area contributed by atoms with E-state index in [-0.39, 0.29) is 29.4 Å². The molecule has 0 unspecified atom stereocenters. The summed E-state index contributed by atoms with van der Waals surface area (Å²) < 4.78 is 62.5. The first-order valence-corrected chi connectivity index (χ1v) is 12.9. The van der Waals surface area contributed by atoms with Crippen molar-refractivity contribution >= 4 is 32.0 Å². The summed E-state index contributed by atoms with van der Waals surface area (Å²) in [5, 5.41) is 0. The predicted octanol–water partition coefficient (Wildman–Crippen LogP) is 1.04. The lowest BCUT2D eigenvalue weighted by Gasteiger charge is -2.09. The van der Waals surface area contributed by atoms with Crippen molar-refractivity contribution in [3.05, 3.63) is 59.7 Å². The van der Waals surface area contributed by atoms with Gasteiger partial charge in [-0.25, -0.2) is 16.8 Å². The van der Waals surface area contributed by atoms with E-state index < -0.39 is 45.1 Å². The monoisotopic (exact) mass is 498 g/mol. The van der Waals surface area contributed by atoms with Crippen LogP contribution >= 0.6 is 0 Å². The molecule has 0 spiro atoms. The van der Waals surface area contributed by atoms with Crippen LogP contribution in [0.25, 0.3) is 0 Å². The van der Waals surface area contributed by atoms with Gasteiger partial charge in [-0.1, -0.05) is 35.4 Å². The van der Waals surface area contributed by atoms with Crippen molar-refractivity contribution in [1.29, 1.82) is 0 Å². The van der Waals surface area contributed by atoms with Crippen LogP contribution in [-0.4, -0.2) is 55.1 Å². The third-order valence-corrected chi connectivity index (χ3v) is 7.12. The molecule has 10 nitrogen and oxygen atoms in total. The second-order valence-corrected chi connectivity index (χ2v) is 10.6. The second kappa shape index (κ2) is 11.9. The molecule has 12 heteroatoms. The maximum absolute atomic E-state index is 12.1. The Morgan fingerprint density at radius 1 is 0.667 bits per heavy atom. The third kappa shape index (κ3) is 8.92. The standard InChI is InChI=1S/C21H26N2O8S2/c1-16-4-8-18(9-5-16)32(26,27)22-14-20(24)30-12-3-13-31-21(25)15-23-33(28,29)19-10-6-17(2)7-11-19/h4-11,22-23H,3,12-15H2,1-2H3. The van der Waals surface area contributed by atoms with Crippen LogP contribution in [0.3, 0.4) is 0 Å². The van der Waals surface area contributed by atoms with E-state index in [1.807, 2.05) is 13.8 Å². The lowest BCUT2D eigenvalue weighted by molar-refractivity contribution is -0.144. The van der Waals surface area contributed by atoms with E-state index in [0.29, 0.717) is 0 Å². The second-order valence-electron chi connectivity index (χ2n) is 7.07. The Balaban J connectivity index is 1.62. The molecule has 0 saturated heterocycles. The van der Waals surface area contributed by atoms with Gasteiger partial charge in [0.25, 0.3) is 0 Å². The van der Waals surface area contributed by atoms with E-state index in [9.17, 15) is 26.4 Å². The zero-order chi connectivity index (χ0) is 24.5. The molecule has 0 radical (unpaired) electrons. The van der Waals surface area contributed by atoms with Crippen molar-refractivity contribution in [2.45, 2.75) is 30.1 Å². The fourth-order valence-corrected chi connectivity index (χ4v) is 4.38. The third-order valence-electron chi connectivity index (χ3n) is 4.29. The quantitative estimate of drug-likeness (QED) is 0.326. The first kappa shape index (κ1) is 26.5. The average molecular weight is 499 g/mol. The number of ether oxygens (including phenoxy) is 2. The fraction of sp³-hybridized carbons (Fsp3) is 0.333. The molecule has 0 atom stereocenters. The van der Waals surface area contributed by atoms with Crippen molar-refractivity contribution in [2.24, 2.45) is 0 Å². The summed E-state index contributed by atoms with van der Waals surface area (Å²) in [6, 6.07) is 12.3. The predicted molar refractivity (Wildman–Crippen MR) is 119 cm³/mol. The number of hydrogen-bond acceptors (Lipinski definition) is 8. The van der Waals surface area contributed by atoms with E-state index in [4.69, 9.17) is 9.47 Å². The number of carbonyl (C=O) groups excluding carboxylic acids is 2. The van der Waals surface area contributed by atoms with Crippen molar-refractivity contribution in [3.63, 3.8) is 0 Å². The summed E-state index contributed by atoms with van der Waals surface area (Å²) in [6.07, 6.45) is 0.160. The number of carbonyl (C=O) groups is 2. The molecule has 0 saturated carbocycles. The fourth-order valence-electron chi connectivity index (χ4n) is 2.44. The van der Waals surface area contributed by atoms with Crippen LogP contribution in [0.2, 0.25) is 0 Å². The summed E-state index contributed by atoms with van der Waals surface area (Å²) >= 11 is 0. The van der Waals surface area contributed by atoms with Gasteiger partial charge in [-0.15, -0.1) is 0 Å². The summed E-state index contributed by atoms with van der Waals surface area (Å²) in [5.74, 6) is -1.58. The van der Waals surface area contributed by atoms with Crippen molar-refractivity contribution in [1.82, 2.24) is 9.44 Å². The Labute approximate surface area is 193 Å². The Morgan fingerprint density at radius 3 is 1.33 bits per heavy atom. The molecule has 0 heterocycles. The lowest BCUT2D eigenvalue weighted by Crippen LogP contribution is -2.31. The molecule has 2 aromatic rings. The molecular formula is C21H26N2O8S2. The van der Waals surface area contributed by atoms with Crippen LogP contribution in [-0.2, 0) is 39.1 Å². The van der Waals surface area contributed by atoms with Gasteiger partial charge in [-0.2, -0.15) is 9.44 Å². The van der Waals surface area contributed by atoms with Gasteiger partial charge in [-0.3, -0.25) is 9.59 Å². The topological polar surface area (TPSA) is 145 Å². The first-order valence-electron chi connectivity index (χ1n) is 9.93. The Bertz CT molecular complexity index is 1070. The van der Waals surface area contributed by atoms with E-state index in [2.05, 4.69) is 9.44 Å². The Kier molecular flexibility index (Phi) is 9.53. The van der Waals surface area contributed by atoms with Gasteiger partial charge in [0.2, 0.25) is 20.0 Å². The maximum Gasteiger partial charge on any atom is 0.321 e. The molecule has 0 fully saturated rings. The molecular weight excluding hydrogens is 472 g/mol. The van der Waals surface area contributed by atoms with Crippen molar-refractivity contribution in [2.75, 3.05) is 26.3 Å². The molecule has 0 aliphatic rings. The minimum Gasteiger partial charge on any atom is -0.465 e. The highest BCUT2D eigenvalue weighted by atomic mass is 32.2. The molecule has 0 aliphatic carbocycles. The minimum absolute atomic E-state index is 0.0332. The SMILES string of the molecule is Cc1ccc(S(=O)(=O)NCC(=O)OCCCOC(=O)CNS(=O)(=O)c2ccc(C)cc2)cc1. The largest absolute Gasteiger partial charge is 0.465 e. The number of rotatable bonds is 12. The molecule has 33 heavy (non-hydrogen) atoms. The van der Waals surface area contributed by atoms with Crippen molar-refractivity contribution < 1.29 is 35.9 Å². The smallest absolute Gasteiger partial charge is 0.321 e. The van der Waals surface area contributed by atoms with Gasteiger partial charge in [-0.05, 0) is 38.1 Å². The number of benzene rings is 2. The lowest BCUT2D eigenvalue weighted by atomic mass is 10.2. The van der Waals surface area contributed by atoms with Crippen LogP contribution in [0.1, 0.15) is 17.5 Å². The van der Waals surface area contributed by atoms with Gasteiger partial charge in [0.15, 0.2) is 0 Å². The summed E-state index contributed by atoms with van der Waals surface area (Å²) in [7, 11) is -7.67. The number of esters is 2. The maximum atomic E-state index is 12.1. The van der Waals surface area contributed by atoms with Gasteiger partial charge >= 0.3 is 11.9 Å². The molecule has 2 N–H and O–H groups in total. The van der Waals surface area contributed by atoms with Crippen LogP contribution in [0, 0.1) is 13.8 Å². The highest BCUT2D eigenvalue weighted by Gasteiger charge is 2.17. The summed E-state index contributed by atoms with van der Waals surface area (Å²) in [5.41, 5.74) is 1.80. The normalized spacial score (nSPS) is 11.7. The van der Waals surface area contributed by atoms with E-state index in [1.54, 1.807) is 24.3 Å². The number of aryl methyl sites for hydroxylation is 2. The zero-order valence-electron chi connectivity index (χ0n) is 18.2. The Hall–Kier alpha value is -2.80. The highest BCUT2D eigenvalue weighted by Crippen LogP contribution is 2.10. The number of sulfonamides is 2. The minimum atomic E-state index is -3.84. The van der Waals surface area contributed by atoms with Crippen molar-refractivity contribution in [3.8, 4) is 0 Å². The van der Waals surface area contributed by atoms with E-state index in [0.717, 1.165) is 11.1 Å². The van der Waals surface area contributed by atoms with Gasteiger partial charge < -0.3 is 9.47 Å². The highest BCUT2D eigenvalue weighted by molar-refractivity contribution is 7.89. The van der Waals surface area contributed by atoms with Crippen LogP contribution < -0.4 is 9.44 Å². The van der Waals surface area contributed by atoms with Crippen LogP contribution in [0.15, 0.2) is 58.3 Å². The molecule has 180 valence electrons. The molecule has 2 aromatic carbocycles. The molecule has 0 amide bonds. The van der Waals surface area contributed by atoms with Crippen LogP contribution in [0.5, 0.6) is 0 Å². The van der Waals surface area contributed by atoms with E-state index >= 15 is 0 Å². The van der Waals surface area contributed by atoms with Gasteiger partial charge in [0.1, 0.15) is 13.1 Å². The van der Waals surface area contributed by atoms with Crippen LogP contribution in [0.4, 0.5) is 0 Å². The summed E-state index contributed by atoms with van der Waals surface area (Å²) in [6.45, 7) is 2.35. The summed E-state index contributed by atoms with van der Waals surface area (Å²) in [4.78, 5) is 23.5. The Morgan fingerprint density at radius 2 is 1.00 bits per heavy atom. The average Bonchev–Trinajstić information content (AvgIpc) is 2.77. The first-order chi connectivity index (χ1) is 15.5. The van der Waals surface area contributed by atoms with Gasteiger partial charge in [0.05, 0.1) is 23.0 Å². The molecule has 0 bridgehead atoms. The van der Waals surface area contributed by atoms with Gasteiger partial charge in [0, 0.05) is 6.42 Å².